The molecule has 0 bridgehead atoms. The zero-order valence-corrected chi connectivity index (χ0v) is 16.0. The summed E-state index contributed by atoms with van der Waals surface area (Å²) in [5.74, 6) is 0.185. The monoisotopic (exact) mass is 423 g/mol. The van der Waals surface area contributed by atoms with Crippen LogP contribution in [0, 0.1) is 0 Å². The molecule has 0 atom stereocenters. The Kier molecular flexibility index (Phi) is 4.41. The van der Waals surface area contributed by atoms with Gasteiger partial charge in [0.25, 0.3) is 0 Å². The number of anilines is 2. The Hall–Kier alpha value is -2.88. The summed E-state index contributed by atoms with van der Waals surface area (Å²) in [5, 5.41) is 10.9. The van der Waals surface area contributed by atoms with Gasteiger partial charge in [0.05, 0.1) is 16.8 Å². The highest BCUT2D eigenvalue weighted by Crippen LogP contribution is 2.52. The number of halogens is 3. The summed E-state index contributed by atoms with van der Waals surface area (Å²) in [6.07, 6.45) is -2.41. The number of benzene rings is 2. The van der Waals surface area contributed by atoms with Crippen LogP contribution >= 0.6 is 0 Å². The molecular weight excluding hydrogens is 407 g/mol. The fraction of sp³-hybridized carbons (Fsp3) is 0.263. The van der Waals surface area contributed by atoms with E-state index in [-0.39, 0.29) is 11.8 Å². The second kappa shape index (κ2) is 6.58. The molecule has 1 aromatic heterocycles. The zero-order valence-electron chi connectivity index (χ0n) is 15.2. The summed E-state index contributed by atoms with van der Waals surface area (Å²) in [7, 11) is -3.39. The lowest BCUT2D eigenvalue weighted by Crippen LogP contribution is -2.19. The molecule has 10 heteroatoms. The smallest absolute Gasteiger partial charge is 0.416 e. The van der Waals surface area contributed by atoms with Crippen LogP contribution in [0.1, 0.15) is 24.3 Å². The van der Waals surface area contributed by atoms with E-state index in [4.69, 9.17) is 4.42 Å². The van der Waals surface area contributed by atoms with E-state index in [1.54, 1.807) is 24.3 Å². The van der Waals surface area contributed by atoms with Crippen molar-refractivity contribution in [2.24, 2.45) is 0 Å². The van der Waals surface area contributed by atoms with Crippen LogP contribution in [0.5, 0.6) is 0 Å². The van der Waals surface area contributed by atoms with Gasteiger partial charge in [0.15, 0.2) is 9.84 Å². The van der Waals surface area contributed by atoms with Gasteiger partial charge in [-0.05, 0) is 49.2 Å². The number of alkyl halides is 3. The van der Waals surface area contributed by atoms with Crippen molar-refractivity contribution in [1.82, 2.24) is 10.2 Å². The van der Waals surface area contributed by atoms with E-state index in [2.05, 4.69) is 15.5 Å². The Balaban J connectivity index is 1.63. The SMILES string of the molecule is CS(=O)(=O)C1(c2nnc(-c3ccccc3Nc3ccc(C(F)(F)F)cc3)o2)CC1. The van der Waals surface area contributed by atoms with Crippen molar-refractivity contribution in [3.8, 4) is 11.5 Å². The highest BCUT2D eigenvalue weighted by molar-refractivity contribution is 7.91. The van der Waals surface area contributed by atoms with Crippen molar-refractivity contribution in [2.75, 3.05) is 11.6 Å². The quantitative estimate of drug-likeness (QED) is 0.649. The maximum atomic E-state index is 12.7. The fourth-order valence-electron chi connectivity index (χ4n) is 3.05. The fourth-order valence-corrected chi connectivity index (χ4v) is 4.29. The van der Waals surface area contributed by atoms with Crippen LogP contribution in [0.3, 0.4) is 0 Å². The molecule has 0 unspecified atom stereocenters. The summed E-state index contributed by atoms with van der Waals surface area (Å²) in [4.78, 5) is 0. The number of aromatic nitrogens is 2. The van der Waals surface area contributed by atoms with Crippen LogP contribution in [0.25, 0.3) is 11.5 Å². The van der Waals surface area contributed by atoms with Gasteiger partial charge in [-0.1, -0.05) is 12.1 Å². The largest absolute Gasteiger partial charge is 0.419 e. The lowest BCUT2D eigenvalue weighted by atomic mass is 10.1. The van der Waals surface area contributed by atoms with Crippen molar-refractivity contribution in [2.45, 2.75) is 23.8 Å². The molecule has 3 aromatic rings. The van der Waals surface area contributed by atoms with Gasteiger partial charge in [-0.15, -0.1) is 10.2 Å². The number of sulfone groups is 1. The van der Waals surface area contributed by atoms with Crippen LogP contribution in [0.2, 0.25) is 0 Å². The van der Waals surface area contributed by atoms with E-state index in [1.165, 1.54) is 12.1 Å². The van der Waals surface area contributed by atoms with E-state index < -0.39 is 26.3 Å². The second-order valence-electron chi connectivity index (χ2n) is 6.92. The van der Waals surface area contributed by atoms with E-state index in [1.807, 2.05) is 0 Å². The van der Waals surface area contributed by atoms with Crippen LogP contribution in [0.15, 0.2) is 52.9 Å². The molecule has 1 fully saturated rings. The van der Waals surface area contributed by atoms with Gasteiger partial charge < -0.3 is 9.73 Å². The van der Waals surface area contributed by atoms with Gasteiger partial charge >= 0.3 is 6.18 Å². The molecule has 1 aliphatic rings. The van der Waals surface area contributed by atoms with Gasteiger partial charge in [-0.3, -0.25) is 0 Å². The molecule has 0 saturated heterocycles. The first-order valence-corrected chi connectivity index (χ1v) is 10.6. The number of hydrogen-bond acceptors (Lipinski definition) is 6. The van der Waals surface area contributed by atoms with Gasteiger partial charge in [0.1, 0.15) is 4.75 Å². The minimum atomic E-state index is -4.41. The van der Waals surface area contributed by atoms with Crippen LogP contribution in [0.4, 0.5) is 24.5 Å². The van der Waals surface area contributed by atoms with E-state index in [0.29, 0.717) is 29.8 Å². The van der Waals surface area contributed by atoms with Gasteiger partial charge in [0.2, 0.25) is 11.8 Å². The molecule has 0 radical (unpaired) electrons. The molecule has 0 spiro atoms. The van der Waals surface area contributed by atoms with E-state index in [0.717, 1.165) is 18.4 Å². The summed E-state index contributed by atoms with van der Waals surface area (Å²) in [5.41, 5.74) is 0.746. The van der Waals surface area contributed by atoms with Crippen LogP contribution in [-0.2, 0) is 20.8 Å². The van der Waals surface area contributed by atoms with E-state index >= 15 is 0 Å². The second-order valence-corrected chi connectivity index (χ2v) is 9.25. The Labute approximate surface area is 164 Å². The average molecular weight is 423 g/mol. The zero-order chi connectivity index (χ0) is 20.9. The number of nitrogens with one attached hydrogen (secondary N) is 1. The molecule has 1 aliphatic carbocycles. The van der Waals surface area contributed by atoms with Crippen molar-refractivity contribution in [3.05, 3.63) is 60.0 Å². The maximum Gasteiger partial charge on any atom is 0.416 e. The normalized spacial score (nSPS) is 15.9. The highest BCUT2D eigenvalue weighted by Gasteiger charge is 2.58. The molecule has 1 saturated carbocycles. The molecule has 6 nitrogen and oxygen atoms in total. The summed E-state index contributed by atoms with van der Waals surface area (Å²) in [6, 6.07) is 11.5. The third-order valence-electron chi connectivity index (χ3n) is 4.88. The first kappa shape index (κ1) is 19.4. The van der Waals surface area contributed by atoms with Gasteiger partial charge in [-0.25, -0.2) is 8.42 Å². The molecule has 152 valence electrons. The third kappa shape index (κ3) is 3.59. The number of nitrogens with zero attached hydrogens (tertiary/aromatic N) is 2. The minimum Gasteiger partial charge on any atom is -0.419 e. The standard InChI is InChI=1S/C19H16F3N3O3S/c1-29(26,27)18(10-11-18)17-25-24-16(28-17)14-4-2-3-5-15(14)23-13-8-6-12(7-9-13)19(20,21)22/h2-9,23H,10-11H2,1H3. The molecule has 0 amide bonds. The third-order valence-corrected chi connectivity index (χ3v) is 6.88. The predicted molar refractivity (Wildman–Crippen MR) is 100 cm³/mol. The molecule has 1 N–H and O–H groups in total. The first-order chi connectivity index (χ1) is 13.6. The summed E-state index contributed by atoms with van der Waals surface area (Å²) >= 11 is 0. The predicted octanol–water partition coefficient (Wildman–Crippen LogP) is 4.53. The van der Waals surface area contributed by atoms with Crippen molar-refractivity contribution in [1.29, 1.82) is 0 Å². The molecule has 2 aromatic carbocycles. The molecular formula is C19H16F3N3O3S. The summed E-state index contributed by atoms with van der Waals surface area (Å²) < 4.78 is 66.8. The van der Waals surface area contributed by atoms with Crippen LogP contribution in [-0.4, -0.2) is 24.9 Å². The summed E-state index contributed by atoms with van der Waals surface area (Å²) in [6.45, 7) is 0. The Morgan fingerprint density at radius 1 is 1.03 bits per heavy atom. The lowest BCUT2D eigenvalue weighted by molar-refractivity contribution is -0.137. The van der Waals surface area contributed by atoms with Gasteiger partial charge in [-0.2, -0.15) is 13.2 Å². The minimum absolute atomic E-state index is 0.0549. The first-order valence-electron chi connectivity index (χ1n) is 8.67. The number of rotatable bonds is 5. The van der Waals surface area contributed by atoms with E-state index in [9.17, 15) is 21.6 Å². The molecule has 1 heterocycles. The number of hydrogen-bond donors (Lipinski definition) is 1. The Morgan fingerprint density at radius 3 is 2.28 bits per heavy atom. The maximum absolute atomic E-state index is 12.7. The van der Waals surface area contributed by atoms with Crippen molar-refractivity contribution < 1.29 is 26.0 Å². The molecule has 4 rings (SSSR count). The lowest BCUT2D eigenvalue weighted by Gasteiger charge is -2.12. The van der Waals surface area contributed by atoms with Crippen LogP contribution < -0.4 is 5.32 Å². The topological polar surface area (TPSA) is 85.1 Å². The van der Waals surface area contributed by atoms with Crippen molar-refractivity contribution in [3.63, 3.8) is 0 Å². The average Bonchev–Trinajstić information content (AvgIpc) is 3.34. The number of para-hydroxylation sites is 1. The van der Waals surface area contributed by atoms with Gasteiger partial charge in [0, 0.05) is 11.9 Å². The Morgan fingerprint density at radius 2 is 1.69 bits per heavy atom. The highest BCUT2D eigenvalue weighted by atomic mass is 32.2. The molecule has 0 aliphatic heterocycles. The van der Waals surface area contributed by atoms with Crippen molar-refractivity contribution >= 4 is 21.2 Å². The molecule has 29 heavy (non-hydrogen) atoms. The Bertz CT molecular complexity index is 1150.